The molecule has 146 valence electrons. The molecule has 0 unspecified atom stereocenters. The van der Waals surface area contributed by atoms with Crippen LogP contribution in [-0.2, 0) is 10.0 Å². The van der Waals surface area contributed by atoms with Crippen molar-refractivity contribution in [2.24, 2.45) is 0 Å². The van der Waals surface area contributed by atoms with Gasteiger partial charge in [-0.05, 0) is 63.1 Å². The third kappa shape index (κ3) is 4.28. The lowest BCUT2D eigenvalue weighted by atomic mass is 10.1. The Bertz CT molecular complexity index is 901. The minimum atomic E-state index is -3.46. The third-order valence-electron chi connectivity index (χ3n) is 4.92. The Labute approximate surface area is 162 Å². The van der Waals surface area contributed by atoms with Crippen molar-refractivity contribution < 1.29 is 13.2 Å². The van der Waals surface area contributed by atoms with Crippen LogP contribution in [0.25, 0.3) is 0 Å². The monoisotopic (exact) mass is 388 g/mol. The van der Waals surface area contributed by atoms with Gasteiger partial charge in [-0.2, -0.15) is 4.31 Å². The summed E-state index contributed by atoms with van der Waals surface area (Å²) in [5.41, 5.74) is 3.12. The Morgan fingerprint density at radius 1 is 0.926 bits per heavy atom. The molecule has 2 aromatic rings. The maximum atomic E-state index is 13.0. The number of aryl methyl sites for hydroxylation is 2. The maximum absolute atomic E-state index is 13.0. The molecule has 2 aromatic carbocycles. The summed E-state index contributed by atoms with van der Waals surface area (Å²) in [6.45, 7) is 10.1. The Morgan fingerprint density at radius 3 is 2.22 bits per heavy atom. The van der Waals surface area contributed by atoms with Crippen LogP contribution in [0.3, 0.4) is 0 Å². The van der Waals surface area contributed by atoms with E-state index in [1.54, 1.807) is 16.4 Å². The van der Waals surface area contributed by atoms with Crippen molar-refractivity contribution in [3.05, 3.63) is 53.6 Å². The van der Waals surface area contributed by atoms with Gasteiger partial charge in [0.2, 0.25) is 10.0 Å². The summed E-state index contributed by atoms with van der Waals surface area (Å²) < 4.78 is 33.5. The van der Waals surface area contributed by atoms with Crippen LogP contribution in [0.4, 0.5) is 5.69 Å². The van der Waals surface area contributed by atoms with Crippen LogP contribution in [0.1, 0.15) is 25.0 Å². The zero-order valence-electron chi connectivity index (χ0n) is 16.5. The lowest BCUT2D eigenvalue weighted by Crippen LogP contribution is -2.48. The average Bonchev–Trinajstić information content (AvgIpc) is 2.64. The highest BCUT2D eigenvalue weighted by molar-refractivity contribution is 7.89. The van der Waals surface area contributed by atoms with Crippen molar-refractivity contribution in [1.82, 2.24) is 4.31 Å². The molecule has 0 bridgehead atoms. The van der Waals surface area contributed by atoms with Crippen LogP contribution in [0.15, 0.2) is 47.4 Å². The predicted molar refractivity (Wildman–Crippen MR) is 109 cm³/mol. The molecular formula is C21H28N2O3S. The van der Waals surface area contributed by atoms with Crippen LogP contribution < -0.4 is 9.64 Å². The number of hydrogen-bond acceptors (Lipinski definition) is 4. The maximum Gasteiger partial charge on any atom is 0.243 e. The normalized spacial score (nSPS) is 16.0. The van der Waals surface area contributed by atoms with E-state index in [4.69, 9.17) is 4.74 Å². The highest BCUT2D eigenvalue weighted by Gasteiger charge is 2.29. The van der Waals surface area contributed by atoms with Crippen molar-refractivity contribution >= 4 is 15.7 Å². The van der Waals surface area contributed by atoms with Gasteiger partial charge in [-0.25, -0.2) is 8.42 Å². The minimum absolute atomic E-state index is 0.0950. The highest BCUT2D eigenvalue weighted by atomic mass is 32.2. The number of ether oxygens (including phenoxy) is 1. The van der Waals surface area contributed by atoms with E-state index in [1.165, 1.54) is 0 Å². The van der Waals surface area contributed by atoms with Crippen LogP contribution in [-0.4, -0.2) is 45.0 Å². The van der Waals surface area contributed by atoms with Gasteiger partial charge in [-0.1, -0.05) is 18.2 Å². The lowest BCUT2D eigenvalue weighted by Gasteiger charge is -2.36. The van der Waals surface area contributed by atoms with Crippen LogP contribution in [0.5, 0.6) is 5.75 Å². The second kappa shape index (κ2) is 7.90. The molecule has 5 nitrogen and oxygen atoms in total. The summed E-state index contributed by atoms with van der Waals surface area (Å²) in [6.07, 6.45) is 0.0950. The topological polar surface area (TPSA) is 49.9 Å². The fourth-order valence-corrected chi connectivity index (χ4v) is 4.77. The Balaban J connectivity index is 1.75. The van der Waals surface area contributed by atoms with Crippen molar-refractivity contribution in [3.63, 3.8) is 0 Å². The Kier molecular flexibility index (Phi) is 5.77. The first kappa shape index (κ1) is 19.7. The van der Waals surface area contributed by atoms with Crippen LogP contribution in [0, 0.1) is 13.8 Å². The third-order valence-corrected chi connectivity index (χ3v) is 6.82. The van der Waals surface area contributed by atoms with E-state index >= 15 is 0 Å². The van der Waals surface area contributed by atoms with Gasteiger partial charge >= 0.3 is 0 Å². The molecule has 0 spiro atoms. The average molecular weight is 389 g/mol. The summed E-state index contributed by atoms with van der Waals surface area (Å²) >= 11 is 0. The van der Waals surface area contributed by atoms with Crippen molar-refractivity contribution in [1.29, 1.82) is 0 Å². The van der Waals surface area contributed by atoms with Crippen molar-refractivity contribution in [2.75, 3.05) is 31.1 Å². The summed E-state index contributed by atoms with van der Waals surface area (Å²) in [5.74, 6) is 0.845. The first-order chi connectivity index (χ1) is 12.8. The van der Waals surface area contributed by atoms with E-state index in [-0.39, 0.29) is 6.10 Å². The molecule has 0 N–H and O–H groups in total. The number of para-hydroxylation sites is 2. The number of sulfonamides is 1. The zero-order chi connectivity index (χ0) is 19.6. The standard InChI is InChI=1S/C21H28N2O3S/c1-16(2)26-21-8-6-5-7-20(21)22-11-13-23(14-12-22)27(24,25)19-10-9-17(3)18(4)15-19/h5-10,15-16H,11-14H2,1-4H3. The Morgan fingerprint density at radius 2 is 1.59 bits per heavy atom. The smallest absolute Gasteiger partial charge is 0.243 e. The molecule has 0 aliphatic carbocycles. The summed E-state index contributed by atoms with van der Waals surface area (Å²) in [7, 11) is -3.46. The minimum Gasteiger partial charge on any atom is -0.489 e. The molecule has 0 saturated carbocycles. The first-order valence-electron chi connectivity index (χ1n) is 9.37. The van der Waals surface area contributed by atoms with Gasteiger partial charge in [0.25, 0.3) is 0 Å². The molecule has 1 aliphatic heterocycles. The Hall–Kier alpha value is -2.05. The van der Waals surface area contributed by atoms with E-state index in [9.17, 15) is 8.42 Å². The van der Waals surface area contributed by atoms with Gasteiger partial charge in [0.05, 0.1) is 16.7 Å². The van der Waals surface area contributed by atoms with E-state index in [0.29, 0.717) is 31.1 Å². The van der Waals surface area contributed by atoms with Crippen molar-refractivity contribution in [3.8, 4) is 5.75 Å². The second-order valence-electron chi connectivity index (χ2n) is 7.27. The van der Waals surface area contributed by atoms with E-state index in [0.717, 1.165) is 22.6 Å². The molecule has 1 saturated heterocycles. The van der Waals surface area contributed by atoms with E-state index < -0.39 is 10.0 Å². The van der Waals surface area contributed by atoms with Gasteiger partial charge in [-0.15, -0.1) is 0 Å². The van der Waals surface area contributed by atoms with Gasteiger partial charge in [0.1, 0.15) is 5.75 Å². The number of piperazine rings is 1. The van der Waals surface area contributed by atoms with E-state index in [1.807, 2.05) is 58.0 Å². The number of nitrogens with zero attached hydrogens (tertiary/aromatic N) is 2. The molecule has 3 rings (SSSR count). The zero-order valence-corrected chi connectivity index (χ0v) is 17.3. The highest BCUT2D eigenvalue weighted by Crippen LogP contribution is 2.30. The summed E-state index contributed by atoms with van der Waals surface area (Å²) in [5, 5.41) is 0. The fourth-order valence-electron chi connectivity index (χ4n) is 3.26. The second-order valence-corrected chi connectivity index (χ2v) is 9.21. The first-order valence-corrected chi connectivity index (χ1v) is 10.8. The van der Waals surface area contributed by atoms with E-state index in [2.05, 4.69) is 4.90 Å². The number of hydrogen-bond donors (Lipinski definition) is 0. The van der Waals surface area contributed by atoms with Gasteiger partial charge < -0.3 is 9.64 Å². The lowest BCUT2D eigenvalue weighted by molar-refractivity contribution is 0.242. The predicted octanol–water partition coefficient (Wildman–Crippen LogP) is 3.60. The van der Waals surface area contributed by atoms with Gasteiger partial charge in [0, 0.05) is 26.2 Å². The number of rotatable bonds is 5. The number of benzene rings is 2. The molecule has 27 heavy (non-hydrogen) atoms. The van der Waals surface area contributed by atoms with Crippen molar-refractivity contribution in [2.45, 2.75) is 38.7 Å². The fraction of sp³-hybridized carbons (Fsp3) is 0.429. The summed E-state index contributed by atoms with van der Waals surface area (Å²) in [4.78, 5) is 2.58. The molecule has 1 fully saturated rings. The van der Waals surface area contributed by atoms with Crippen LogP contribution >= 0.6 is 0 Å². The molecule has 0 amide bonds. The number of anilines is 1. The molecule has 0 aromatic heterocycles. The quantitative estimate of drug-likeness (QED) is 0.785. The molecule has 0 radical (unpaired) electrons. The van der Waals surface area contributed by atoms with Gasteiger partial charge in [-0.3, -0.25) is 0 Å². The largest absolute Gasteiger partial charge is 0.489 e. The molecular weight excluding hydrogens is 360 g/mol. The van der Waals surface area contributed by atoms with Crippen LogP contribution in [0.2, 0.25) is 0 Å². The molecule has 6 heteroatoms. The summed E-state index contributed by atoms with van der Waals surface area (Å²) in [6, 6.07) is 13.3. The molecule has 0 atom stereocenters. The SMILES string of the molecule is Cc1ccc(S(=O)(=O)N2CCN(c3ccccc3OC(C)C)CC2)cc1C. The van der Waals surface area contributed by atoms with Gasteiger partial charge in [0.15, 0.2) is 0 Å². The molecule has 1 aliphatic rings. The molecule has 1 heterocycles.